The number of fused-ring (bicyclic) bond motifs is 1. The van der Waals surface area contributed by atoms with Gasteiger partial charge in [-0.15, -0.1) is 11.3 Å². The zero-order valence-electron chi connectivity index (χ0n) is 14.6. The first kappa shape index (κ1) is 18.8. The molecule has 0 spiro atoms. The van der Waals surface area contributed by atoms with Gasteiger partial charge < -0.3 is 0 Å². The van der Waals surface area contributed by atoms with Crippen LogP contribution in [0.3, 0.4) is 0 Å². The van der Waals surface area contributed by atoms with Gasteiger partial charge in [0.05, 0.1) is 5.39 Å². The third-order valence-electron chi connectivity index (χ3n) is 4.01. The van der Waals surface area contributed by atoms with Crippen LogP contribution in [-0.4, -0.2) is 27.0 Å². The number of carbonyl (C=O) groups excluding carboxylic acids is 2. The number of carbonyl (C=O) groups is 2. The summed E-state index contributed by atoms with van der Waals surface area (Å²) in [5.41, 5.74) is 5.10. The highest BCUT2D eigenvalue weighted by atomic mass is 35.5. The number of hydrogen-bond acceptors (Lipinski definition) is 6. The summed E-state index contributed by atoms with van der Waals surface area (Å²) in [7, 11) is 0. The smallest absolute Gasteiger partial charge is 0.267 e. The van der Waals surface area contributed by atoms with E-state index in [1.54, 1.807) is 47.8 Å². The number of hydrogen-bond donors (Lipinski definition) is 3. The van der Waals surface area contributed by atoms with E-state index in [0.29, 0.717) is 20.8 Å². The first-order valence-electron chi connectivity index (χ1n) is 8.32. The number of rotatable bonds is 3. The summed E-state index contributed by atoms with van der Waals surface area (Å²) >= 11 is 7.26. The summed E-state index contributed by atoms with van der Waals surface area (Å²) in [6.45, 7) is 0. The highest BCUT2D eigenvalue weighted by Gasteiger charge is 2.17. The molecule has 0 aliphatic rings. The van der Waals surface area contributed by atoms with Crippen LogP contribution < -0.4 is 16.4 Å². The second-order valence-electron chi connectivity index (χ2n) is 5.90. The van der Waals surface area contributed by atoms with Crippen LogP contribution in [0.2, 0.25) is 5.02 Å². The molecule has 0 unspecified atom stereocenters. The largest absolute Gasteiger partial charge is 0.290 e. The summed E-state index contributed by atoms with van der Waals surface area (Å²) < 4.78 is 0. The number of hydrazine groups is 1. The molecule has 0 atom stereocenters. The Kier molecular flexibility index (Phi) is 5.07. The Balaban J connectivity index is 1.49. The molecule has 29 heavy (non-hydrogen) atoms. The zero-order valence-corrected chi connectivity index (χ0v) is 16.2. The molecule has 4 aromatic rings. The predicted octanol–water partition coefficient (Wildman–Crippen LogP) is 2.77. The number of H-pyrrole nitrogens is 1. The topological polar surface area (TPSA) is 117 Å². The van der Waals surface area contributed by atoms with Crippen molar-refractivity contribution in [3.8, 4) is 10.6 Å². The number of aromatic nitrogens is 3. The van der Waals surface area contributed by atoms with Gasteiger partial charge in [0.25, 0.3) is 17.4 Å². The molecule has 144 valence electrons. The standard InChI is InChI=1S/C19H12ClN5O3S/c20-11-5-3-4-10(8-11)19-21-14(9-29-19)17(27)24-25-18(28)15-12-6-1-2-7-13(12)16(26)23-22-15/h1-9H,(H,23,26)(H,24,27)(H,25,28). The van der Waals surface area contributed by atoms with Crippen molar-refractivity contribution in [2.24, 2.45) is 0 Å². The van der Waals surface area contributed by atoms with E-state index < -0.39 is 17.4 Å². The van der Waals surface area contributed by atoms with Gasteiger partial charge in [0.15, 0.2) is 5.69 Å². The molecule has 0 fully saturated rings. The van der Waals surface area contributed by atoms with Crippen LogP contribution >= 0.6 is 22.9 Å². The summed E-state index contributed by atoms with van der Waals surface area (Å²) in [5, 5.41) is 9.51. The molecule has 0 aliphatic heterocycles. The van der Waals surface area contributed by atoms with Gasteiger partial charge in [-0.1, -0.05) is 41.9 Å². The third kappa shape index (κ3) is 3.86. The van der Waals surface area contributed by atoms with E-state index in [1.807, 2.05) is 6.07 Å². The molecular weight excluding hydrogens is 414 g/mol. The molecule has 2 amide bonds. The highest BCUT2D eigenvalue weighted by molar-refractivity contribution is 7.13. The number of aromatic amines is 1. The average molecular weight is 426 g/mol. The molecule has 0 bridgehead atoms. The lowest BCUT2D eigenvalue weighted by atomic mass is 10.1. The van der Waals surface area contributed by atoms with Crippen molar-refractivity contribution in [3.05, 3.63) is 80.7 Å². The van der Waals surface area contributed by atoms with Crippen molar-refractivity contribution < 1.29 is 9.59 Å². The number of benzene rings is 2. The Bertz CT molecular complexity index is 1300. The minimum atomic E-state index is -0.670. The number of nitrogens with zero attached hydrogens (tertiary/aromatic N) is 2. The Morgan fingerprint density at radius 2 is 1.76 bits per heavy atom. The number of nitrogens with one attached hydrogen (secondary N) is 3. The zero-order chi connectivity index (χ0) is 20.4. The number of thiazole rings is 1. The molecule has 8 nitrogen and oxygen atoms in total. The molecule has 0 aliphatic carbocycles. The molecule has 3 N–H and O–H groups in total. The van der Waals surface area contributed by atoms with Crippen molar-refractivity contribution in [1.29, 1.82) is 0 Å². The molecule has 10 heteroatoms. The Morgan fingerprint density at radius 3 is 2.55 bits per heavy atom. The fraction of sp³-hybridized carbons (Fsp3) is 0. The normalized spacial score (nSPS) is 10.7. The Hall–Kier alpha value is -3.56. The Labute approximate surface area is 172 Å². The van der Waals surface area contributed by atoms with E-state index in [0.717, 1.165) is 5.56 Å². The summed E-state index contributed by atoms with van der Waals surface area (Å²) in [4.78, 5) is 40.8. The maximum Gasteiger partial charge on any atom is 0.290 e. The van der Waals surface area contributed by atoms with Crippen molar-refractivity contribution in [1.82, 2.24) is 26.0 Å². The van der Waals surface area contributed by atoms with Crippen LogP contribution in [0.4, 0.5) is 0 Å². The minimum Gasteiger partial charge on any atom is -0.267 e. The first-order chi connectivity index (χ1) is 14.0. The second kappa shape index (κ2) is 7.82. The van der Waals surface area contributed by atoms with Crippen LogP contribution in [0.1, 0.15) is 21.0 Å². The van der Waals surface area contributed by atoms with Crippen LogP contribution in [0.25, 0.3) is 21.3 Å². The van der Waals surface area contributed by atoms with Crippen molar-refractivity contribution in [2.45, 2.75) is 0 Å². The molecule has 0 radical (unpaired) electrons. The first-order valence-corrected chi connectivity index (χ1v) is 9.58. The summed E-state index contributed by atoms with van der Waals surface area (Å²) in [6.07, 6.45) is 0. The fourth-order valence-electron chi connectivity index (χ4n) is 2.66. The molecule has 2 aromatic heterocycles. The molecule has 0 saturated carbocycles. The summed E-state index contributed by atoms with van der Waals surface area (Å²) in [6, 6.07) is 13.7. The summed E-state index contributed by atoms with van der Waals surface area (Å²) in [5.74, 6) is -1.26. The van der Waals surface area contributed by atoms with E-state index in [2.05, 4.69) is 26.0 Å². The van der Waals surface area contributed by atoms with Gasteiger partial charge in [-0.05, 0) is 18.2 Å². The minimum absolute atomic E-state index is 0.0154. The van der Waals surface area contributed by atoms with Gasteiger partial charge in [-0.3, -0.25) is 25.2 Å². The fourth-order valence-corrected chi connectivity index (χ4v) is 3.64. The second-order valence-corrected chi connectivity index (χ2v) is 7.20. The van der Waals surface area contributed by atoms with E-state index in [1.165, 1.54) is 11.3 Å². The van der Waals surface area contributed by atoms with E-state index in [4.69, 9.17) is 11.6 Å². The van der Waals surface area contributed by atoms with Crippen molar-refractivity contribution in [2.75, 3.05) is 0 Å². The van der Waals surface area contributed by atoms with Gasteiger partial charge in [-0.2, -0.15) is 5.10 Å². The van der Waals surface area contributed by atoms with Gasteiger partial charge in [0.1, 0.15) is 10.7 Å². The quantitative estimate of drug-likeness (QED) is 0.436. The lowest BCUT2D eigenvalue weighted by molar-refractivity contribution is 0.0842. The Morgan fingerprint density at radius 1 is 1.00 bits per heavy atom. The van der Waals surface area contributed by atoms with Gasteiger partial charge in [0.2, 0.25) is 0 Å². The molecule has 0 saturated heterocycles. The van der Waals surface area contributed by atoms with Crippen LogP contribution in [0, 0.1) is 0 Å². The lowest BCUT2D eigenvalue weighted by Crippen LogP contribution is -2.42. The van der Waals surface area contributed by atoms with Crippen molar-refractivity contribution in [3.63, 3.8) is 0 Å². The number of amides is 2. The van der Waals surface area contributed by atoms with Gasteiger partial charge in [0, 0.05) is 21.4 Å². The predicted molar refractivity (Wildman–Crippen MR) is 110 cm³/mol. The maximum atomic E-state index is 12.4. The molecule has 4 rings (SSSR count). The van der Waals surface area contributed by atoms with Crippen LogP contribution in [0.5, 0.6) is 0 Å². The molecular formula is C19H12ClN5O3S. The lowest BCUT2D eigenvalue weighted by Gasteiger charge is -2.07. The molecule has 2 aromatic carbocycles. The van der Waals surface area contributed by atoms with Gasteiger partial charge >= 0.3 is 0 Å². The van der Waals surface area contributed by atoms with Crippen LogP contribution in [-0.2, 0) is 0 Å². The van der Waals surface area contributed by atoms with E-state index >= 15 is 0 Å². The average Bonchev–Trinajstić information content (AvgIpc) is 3.23. The monoisotopic (exact) mass is 425 g/mol. The van der Waals surface area contributed by atoms with Gasteiger partial charge in [-0.25, -0.2) is 10.1 Å². The van der Waals surface area contributed by atoms with E-state index in [9.17, 15) is 14.4 Å². The SMILES string of the molecule is O=C(NNC(=O)c1n[nH]c(=O)c2ccccc12)c1csc(-c2cccc(Cl)c2)n1. The van der Waals surface area contributed by atoms with Crippen LogP contribution in [0.15, 0.2) is 58.7 Å². The molecule has 2 heterocycles. The maximum absolute atomic E-state index is 12.4. The van der Waals surface area contributed by atoms with E-state index in [-0.39, 0.29) is 11.4 Å². The van der Waals surface area contributed by atoms with Crippen molar-refractivity contribution >= 4 is 45.5 Å². The number of halogens is 1. The third-order valence-corrected chi connectivity index (χ3v) is 5.14. The highest BCUT2D eigenvalue weighted by Crippen LogP contribution is 2.25.